The van der Waals surface area contributed by atoms with Gasteiger partial charge in [-0.15, -0.1) is 0 Å². The highest BCUT2D eigenvalue weighted by Gasteiger charge is 2.27. The van der Waals surface area contributed by atoms with E-state index in [4.69, 9.17) is 19.3 Å². The maximum atomic E-state index is 10.7. The number of ether oxygens (including phenoxy) is 3. The smallest absolute Gasteiger partial charge is 0.407 e. The highest BCUT2D eigenvalue weighted by molar-refractivity contribution is 5.64. The van der Waals surface area contributed by atoms with Crippen LogP contribution in [0.5, 0.6) is 0 Å². The molecule has 7 heteroatoms. The molecule has 0 bridgehead atoms. The summed E-state index contributed by atoms with van der Waals surface area (Å²) in [6.45, 7) is 2.69. The molecule has 2 atom stereocenters. The lowest BCUT2D eigenvalue weighted by atomic mass is 10.1. The van der Waals surface area contributed by atoms with Gasteiger partial charge >= 0.3 is 6.09 Å². The number of amides is 1. The van der Waals surface area contributed by atoms with Crippen LogP contribution in [0.3, 0.4) is 0 Å². The number of hydrogen-bond donors (Lipinski definition) is 2. The third-order valence-electron chi connectivity index (χ3n) is 3.48. The van der Waals surface area contributed by atoms with E-state index in [0.717, 1.165) is 12.8 Å². The second kappa shape index (κ2) is 7.04. The minimum Gasteiger partial charge on any atom is -0.465 e. The first kappa shape index (κ1) is 14.5. The molecule has 2 fully saturated rings. The van der Waals surface area contributed by atoms with Gasteiger partial charge in [-0.25, -0.2) is 4.79 Å². The summed E-state index contributed by atoms with van der Waals surface area (Å²) in [6.07, 6.45) is -0.111. The Kier molecular flexibility index (Phi) is 5.38. The Bertz CT molecular complexity index is 292. The minimum absolute atomic E-state index is 0.101. The highest BCUT2D eigenvalue weighted by Crippen LogP contribution is 2.14. The molecule has 0 unspecified atom stereocenters. The molecule has 0 aromatic carbocycles. The standard InChI is InChI=1S/C12H21NO6/c14-10-7-17-8-11(10)19-6-5-18-9-1-3-13(4-2-9)12(15)16/h9-11,14H,1-8H2,(H,15,16)/t10-,11-/m1/s1. The van der Waals surface area contributed by atoms with Crippen molar-refractivity contribution in [3.63, 3.8) is 0 Å². The second-order valence-corrected chi connectivity index (χ2v) is 4.85. The quantitative estimate of drug-likeness (QED) is 0.682. The van der Waals surface area contributed by atoms with Crippen LogP contribution >= 0.6 is 0 Å². The minimum atomic E-state index is -0.864. The molecular formula is C12H21NO6. The van der Waals surface area contributed by atoms with Gasteiger partial charge in [0.15, 0.2) is 0 Å². The largest absolute Gasteiger partial charge is 0.465 e. The molecule has 1 amide bonds. The van der Waals surface area contributed by atoms with Gasteiger partial charge in [0.05, 0.1) is 32.5 Å². The topological polar surface area (TPSA) is 88.5 Å². The predicted molar refractivity (Wildman–Crippen MR) is 65.1 cm³/mol. The van der Waals surface area contributed by atoms with E-state index >= 15 is 0 Å². The summed E-state index contributed by atoms with van der Waals surface area (Å²) in [5.74, 6) is 0. The fourth-order valence-electron chi connectivity index (χ4n) is 2.31. The van der Waals surface area contributed by atoms with Crippen molar-refractivity contribution < 1.29 is 29.2 Å². The fraction of sp³-hybridized carbons (Fsp3) is 0.917. The zero-order valence-corrected chi connectivity index (χ0v) is 10.9. The van der Waals surface area contributed by atoms with Crippen LogP contribution in [0.1, 0.15) is 12.8 Å². The van der Waals surface area contributed by atoms with Gasteiger partial charge in [-0.05, 0) is 12.8 Å². The molecule has 2 aliphatic heterocycles. The first-order valence-corrected chi connectivity index (χ1v) is 6.63. The van der Waals surface area contributed by atoms with E-state index in [0.29, 0.717) is 39.5 Å². The SMILES string of the molecule is O=C(O)N1CCC(OCCO[C@@H]2COC[C@H]2O)CC1. The maximum Gasteiger partial charge on any atom is 0.407 e. The molecule has 0 aromatic rings. The first-order valence-electron chi connectivity index (χ1n) is 6.63. The van der Waals surface area contributed by atoms with Gasteiger partial charge in [-0.3, -0.25) is 0 Å². The molecule has 2 saturated heterocycles. The van der Waals surface area contributed by atoms with Crippen LogP contribution in [-0.4, -0.2) is 79.0 Å². The summed E-state index contributed by atoms with van der Waals surface area (Å²) in [5, 5.41) is 18.3. The van der Waals surface area contributed by atoms with E-state index in [9.17, 15) is 9.90 Å². The molecule has 2 aliphatic rings. The van der Waals surface area contributed by atoms with E-state index in [2.05, 4.69) is 0 Å². The Balaban J connectivity index is 1.53. The molecule has 7 nitrogen and oxygen atoms in total. The summed E-state index contributed by atoms with van der Waals surface area (Å²) < 4.78 is 16.2. The Morgan fingerprint density at radius 3 is 2.47 bits per heavy atom. The molecule has 0 aliphatic carbocycles. The van der Waals surface area contributed by atoms with Gasteiger partial charge < -0.3 is 29.3 Å². The summed E-state index contributed by atoms with van der Waals surface area (Å²) in [4.78, 5) is 12.1. The number of nitrogens with zero attached hydrogens (tertiary/aromatic N) is 1. The van der Waals surface area contributed by atoms with Crippen molar-refractivity contribution in [2.24, 2.45) is 0 Å². The van der Waals surface area contributed by atoms with E-state index in [1.54, 1.807) is 0 Å². The lowest BCUT2D eigenvalue weighted by molar-refractivity contribution is -0.0581. The number of likely N-dealkylation sites (tertiary alicyclic amines) is 1. The van der Waals surface area contributed by atoms with Crippen LogP contribution in [-0.2, 0) is 14.2 Å². The zero-order valence-electron chi connectivity index (χ0n) is 10.9. The van der Waals surface area contributed by atoms with Crippen LogP contribution in [0.4, 0.5) is 4.79 Å². The predicted octanol–water partition coefficient (Wildman–Crippen LogP) is -0.0783. The molecule has 19 heavy (non-hydrogen) atoms. The van der Waals surface area contributed by atoms with Crippen molar-refractivity contribution >= 4 is 6.09 Å². The first-order chi connectivity index (χ1) is 9.16. The fourth-order valence-corrected chi connectivity index (χ4v) is 2.31. The molecule has 0 aromatic heterocycles. The van der Waals surface area contributed by atoms with Gasteiger partial charge in [0, 0.05) is 13.1 Å². The van der Waals surface area contributed by atoms with Crippen molar-refractivity contribution in [2.45, 2.75) is 31.2 Å². The highest BCUT2D eigenvalue weighted by atomic mass is 16.6. The molecule has 0 saturated carbocycles. The number of rotatable bonds is 5. The van der Waals surface area contributed by atoms with Crippen molar-refractivity contribution in [1.82, 2.24) is 4.90 Å². The van der Waals surface area contributed by atoms with E-state index in [-0.39, 0.29) is 12.2 Å². The molecule has 110 valence electrons. The van der Waals surface area contributed by atoms with Crippen molar-refractivity contribution in [3.05, 3.63) is 0 Å². The normalized spacial score (nSPS) is 28.8. The molecule has 2 heterocycles. The Morgan fingerprint density at radius 1 is 1.21 bits per heavy atom. The van der Waals surface area contributed by atoms with Gasteiger partial charge in [0.25, 0.3) is 0 Å². The van der Waals surface area contributed by atoms with Crippen LogP contribution in [0, 0.1) is 0 Å². The Morgan fingerprint density at radius 2 is 1.89 bits per heavy atom. The maximum absolute atomic E-state index is 10.7. The number of carboxylic acid groups (broad SMARTS) is 1. The third kappa shape index (κ3) is 4.31. The summed E-state index contributed by atoms with van der Waals surface area (Å²) in [7, 11) is 0. The average molecular weight is 275 g/mol. The second-order valence-electron chi connectivity index (χ2n) is 4.85. The lowest BCUT2D eigenvalue weighted by Gasteiger charge is -2.30. The lowest BCUT2D eigenvalue weighted by Crippen LogP contribution is -2.40. The van der Waals surface area contributed by atoms with E-state index < -0.39 is 12.2 Å². The van der Waals surface area contributed by atoms with Gasteiger partial charge in [-0.2, -0.15) is 0 Å². The Labute approximate surface area is 112 Å². The molecule has 0 radical (unpaired) electrons. The molecular weight excluding hydrogens is 254 g/mol. The van der Waals surface area contributed by atoms with Crippen molar-refractivity contribution in [3.8, 4) is 0 Å². The zero-order chi connectivity index (χ0) is 13.7. The van der Waals surface area contributed by atoms with Crippen LogP contribution < -0.4 is 0 Å². The molecule has 0 spiro atoms. The number of piperidine rings is 1. The number of hydrogen-bond acceptors (Lipinski definition) is 5. The van der Waals surface area contributed by atoms with Crippen LogP contribution in [0.2, 0.25) is 0 Å². The molecule has 2 rings (SSSR count). The van der Waals surface area contributed by atoms with Crippen molar-refractivity contribution in [1.29, 1.82) is 0 Å². The monoisotopic (exact) mass is 275 g/mol. The number of aliphatic hydroxyl groups excluding tert-OH is 1. The van der Waals surface area contributed by atoms with Gasteiger partial charge in [-0.1, -0.05) is 0 Å². The van der Waals surface area contributed by atoms with E-state index in [1.165, 1.54) is 4.90 Å². The molecule has 2 N–H and O–H groups in total. The Hall–Kier alpha value is -0.890. The third-order valence-corrected chi connectivity index (χ3v) is 3.48. The number of carbonyl (C=O) groups is 1. The summed E-state index contributed by atoms with van der Waals surface area (Å²) >= 11 is 0. The summed E-state index contributed by atoms with van der Waals surface area (Å²) in [5.41, 5.74) is 0. The summed E-state index contributed by atoms with van der Waals surface area (Å²) in [6, 6.07) is 0. The van der Waals surface area contributed by atoms with Crippen LogP contribution in [0.15, 0.2) is 0 Å². The van der Waals surface area contributed by atoms with Gasteiger partial charge in [0.2, 0.25) is 0 Å². The average Bonchev–Trinajstić information content (AvgIpc) is 2.81. The van der Waals surface area contributed by atoms with E-state index in [1.807, 2.05) is 0 Å². The number of aliphatic hydroxyl groups is 1. The van der Waals surface area contributed by atoms with Crippen LogP contribution in [0.25, 0.3) is 0 Å². The van der Waals surface area contributed by atoms with Crippen molar-refractivity contribution in [2.75, 3.05) is 39.5 Å². The van der Waals surface area contributed by atoms with Gasteiger partial charge in [0.1, 0.15) is 12.2 Å².